The summed E-state index contributed by atoms with van der Waals surface area (Å²) in [5.74, 6) is -4.67. The van der Waals surface area contributed by atoms with Crippen LogP contribution in [-0.2, 0) is 52.1 Å². The van der Waals surface area contributed by atoms with Gasteiger partial charge in [-0.1, -0.05) is 31.2 Å². The number of ether oxygens (including phenoxy) is 5. The van der Waals surface area contributed by atoms with Crippen LogP contribution < -0.4 is 31.6 Å². The number of nitrogens with zero attached hydrogens (tertiary/aromatic N) is 8. The van der Waals surface area contributed by atoms with Crippen molar-refractivity contribution in [2.75, 3.05) is 68.9 Å². The van der Waals surface area contributed by atoms with E-state index in [9.17, 15) is 34.0 Å². The lowest BCUT2D eigenvalue weighted by molar-refractivity contribution is -0.188. The number of fused-ring (bicyclic) bond motifs is 7. The molecule has 0 spiro atoms. The number of alkyl carbamates (subject to hydrolysis) is 1. The zero-order chi connectivity index (χ0) is 62.1. The number of piperazine rings is 1. The number of hydrogen-bond acceptors (Lipinski definition) is 19. The monoisotopic (exact) mass is 1230 g/mol. The van der Waals surface area contributed by atoms with Gasteiger partial charge in [0, 0.05) is 76.2 Å². The number of nitriles is 1. The molecular formula is C60H57ClF3N11O11S. The molecule has 11 rings (SSSR count). The van der Waals surface area contributed by atoms with Gasteiger partial charge < -0.3 is 54.0 Å². The number of anilines is 3. The maximum atomic E-state index is 17.3. The summed E-state index contributed by atoms with van der Waals surface area (Å²) in [6, 6.07) is 11.2. The second kappa shape index (κ2) is 23.0. The average molecular weight is 1230 g/mol. The molecule has 0 radical (unpaired) electrons. The van der Waals surface area contributed by atoms with Crippen LogP contribution in [0.25, 0.3) is 54.4 Å². The number of benzene rings is 3. The molecule has 7 aromatic rings. The zero-order valence-corrected chi connectivity index (χ0v) is 49.5. The van der Waals surface area contributed by atoms with E-state index in [1.54, 1.807) is 33.8 Å². The number of amides is 3. The Morgan fingerprint density at radius 2 is 1.82 bits per heavy atom. The number of halogens is 4. The van der Waals surface area contributed by atoms with Crippen LogP contribution in [0.4, 0.5) is 39.3 Å². The number of aromatic nitrogens is 4. The van der Waals surface area contributed by atoms with Crippen molar-refractivity contribution in [2.24, 2.45) is 0 Å². The summed E-state index contributed by atoms with van der Waals surface area (Å²) >= 11 is 7.80. The quantitative estimate of drug-likeness (QED) is 0.0552. The van der Waals surface area contributed by atoms with Crippen molar-refractivity contribution >= 4 is 101 Å². The first kappa shape index (κ1) is 59.7. The maximum Gasteiger partial charge on any atom is 0.412 e. The third-order valence-corrected chi connectivity index (χ3v) is 17.2. The van der Waals surface area contributed by atoms with Gasteiger partial charge in [0.2, 0.25) is 5.60 Å². The molecule has 2 fully saturated rings. The number of carbonyl (C=O) groups excluding carboxylic acids is 5. The number of nitrogens with one attached hydrogen (secondary N) is 2. The van der Waals surface area contributed by atoms with Crippen molar-refractivity contribution < 1.29 is 60.8 Å². The van der Waals surface area contributed by atoms with E-state index < -0.39 is 90.0 Å². The van der Waals surface area contributed by atoms with Gasteiger partial charge in [-0.25, -0.2) is 32.5 Å². The van der Waals surface area contributed by atoms with Crippen LogP contribution >= 0.6 is 22.9 Å². The van der Waals surface area contributed by atoms with Crippen LogP contribution in [0, 0.1) is 28.8 Å². The van der Waals surface area contributed by atoms with Crippen molar-refractivity contribution in [1.82, 2.24) is 34.6 Å². The van der Waals surface area contributed by atoms with Gasteiger partial charge in [0.05, 0.1) is 50.0 Å². The number of likely N-dealkylation sites (tertiary alicyclic amines) is 1. The van der Waals surface area contributed by atoms with E-state index in [0.29, 0.717) is 16.6 Å². The lowest BCUT2D eigenvalue weighted by Crippen LogP contribution is -2.54. The number of nitrogen functional groups attached to an aromatic ring is 1. The van der Waals surface area contributed by atoms with E-state index in [2.05, 4.69) is 32.1 Å². The van der Waals surface area contributed by atoms with E-state index in [1.807, 2.05) is 24.9 Å². The zero-order valence-electron chi connectivity index (χ0n) is 48.0. The molecule has 4 N–H and O–H groups in total. The minimum Gasteiger partial charge on any atom is -0.462 e. The highest BCUT2D eigenvalue weighted by Gasteiger charge is 2.50. The summed E-state index contributed by atoms with van der Waals surface area (Å²) in [7, 11) is 1.98. The Bertz CT molecular complexity index is 4220. The molecule has 8 heterocycles. The fraction of sp³-hybridized carbons (Fsp3) is 0.367. The van der Waals surface area contributed by atoms with Crippen LogP contribution in [0.5, 0.6) is 6.01 Å². The van der Waals surface area contributed by atoms with Gasteiger partial charge in [-0.2, -0.15) is 15.2 Å². The Kier molecular flexibility index (Phi) is 15.8. The lowest BCUT2D eigenvalue weighted by Gasteiger charge is -2.41. The van der Waals surface area contributed by atoms with Crippen LogP contribution in [0.3, 0.4) is 0 Å². The summed E-state index contributed by atoms with van der Waals surface area (Å²) < 4.78 is 77.3. The number of nitrogens with two attached hydrogens (primary N) is 1. The summed E-state index contributed by atoms with van der Waals surface area (Å²) in [6.45, 7) is 11.9. The molecule has 87 heavy (non-hydrogen) atoms. The molecule has 0 aliphatic carbocycles. The normalized spacial score (nSPS) is 18.2. The Hall–Kier alpha value is -9.06. The Morgan fingerprint density at radius 3 is 2.53 bits per heavy atom. The first-order valence-electron chi connectivity index (χ1n) is 27.8. The van der Waals surface area contributed by atoms with Gasteiger partial charge in [0.1, 0.15) is 66.0 Å². The van der Waals surface area contributed by atoms with Gasteiger partial charge in [-0.05, 0) is 96.4 Å². The number of carbonyl (C=O) groups is 5. The number of pyridine rings is 2. The molecule has 3 atom stereocenters. The summed E-state index contributed by atoms with van der Waals surface area (Å²) in [5.41, 5.74) is 3.58. The van der Waals surface area contributed by atoms with E-state index >= 15 is 13.2 Å². The first-order valence-corrected chi connectivity index (χ1v) is 29.0. The third kappa shape index (κ3) is 11.0. The minimum atomic E-state index is -2.14. The number of esters is 2. The molecule has 452 valence electrons. The van der Waals surface area contributed by atoms with Crippen molar-refractivity contribution in [3.05, 3.63) is 110 Å². The van der Waals surface area contributed by atoms with Crippen molar-refractivity contribution in [1.29, 1.82) is 5.26 Å². The van der Waals surface area contributed by atoms with Gasteiger partial charge in [0.25, 0.3) is 11.5 Å². The second-order valence-electron chi connectivity index (χ2n) is 22.6. The largest absolute Gasteiger partial charge is 0.462 e. The summed E-state index contributed by atoms with van der Waals surface area (Å²) in [4.78, 5) is 100. The molecule has 3 aromatic carbocycles. The highest BCUT2D eigenvalue weighted by Crippen LogP contribution is 2.47. The molecule has 4 aliphatic rings. The minimum absolute atomic E-state index is 0.0177. The van der Waals surface area contributed by atoms with Crippen molar-refractivity contribution in [2.45, 2.75) is 90.3 Å². The maximum absolute atomic E-state index is 17.3. The molecule has 4 aliphatic heterocycles. The predicted octanol–water partition coefficient (Wildman–Crippen LogP) is 8.82. The van der Waals surface area contributed by atoms with Gasteiger partial charge >= 0.3 is 30.1 Å². The van der Waals surface area contributed by atoms with Crippen LogP contribution in [0.2, 0.25) is 5.02 Å². The van der Waals surface area contributed by atoms with Gasteiger partial charge in [0.15, 0.2) is 5.82 Å². The number of likely N-dealkylation sites (N-methyl/N-ethyl adjacent to an activating group) is 1. The third-order valence-electron chi connectivity index (χ3n) is 15.8. The lowest BCUT2D eigenvalue weighted by atomic mass is 9.85. The Balaban J connectivity index is 0.750. The molecular weight excluding hydrogens is 1180 g/mol. The van der Waals surface area contributed by atoms with Crippen molar-refractivity contribution in [3.8, 4) is 34.6 Å². The summed E-state index contributed by atoms with van der Waals surface area (Å²) in [5, 5.41) is 15.4. The fourth-order valence-corrected chi connectivity index (χ4v) is 12.8. The van der Waals surface area contributed by atoms with E-state index in [1.165, 1.54) is 33.7 Å². The molecule has 2 saturated heterocycles. The SMILES string of the molecule is C=C(COC(=O)NCC(=O)O[C@]1(CC)C(=O)OCc2c1cc1n(c2=O)Cc2cc3cc(NC(=O)OC(C)(C)C)c(F)cc3nc2-1)C(=O)N1CCN(c2nc(OC[C@@H]3CCCN3C)nc3c(F)c(-c4ccc(F)c5sc(N)c(C#N)c45)c(Cl)cc23)[C@@H](C)C1. The predicted molar refractivity (Wildman–Crippen MR) is 316 cm³/mol. The number of rotatable bonds is 13. The van der Waals surface area contributed by atoms with E-state index in [4.69, 9.17) is 46.0 Å². The molecule has 22 nitrogen and oxygen atoms in total. The van der Waals surface area contributed by atoms with Crippen LogP contribution in [-0.4, -0.2) is 130 Å². The second-order valence-corrected chi connectivity index (χ2v) is 24.1. The Labute approximate surface area is 503 Å². The van der Waals surface area contributed by atoms with E-state index in [0.717, 1.165) is 42.9 Å². The average Bonchev–Trinajstić information content (AvgIpc) is 2.46. The number of thiophene rings is 1. The first-order chi connectivity index (χ1) is 41.4. The summed E-state index contributed by atoms with van der Waals surface area (Å²) in [6.07, 6.45) is -0.354. The molecule has 0 saturated carbocycles. The van der Waals surface area contributed by atoms with E-state index in [-0.39, 0.29) is 138 Å². The number of cyclic esters (lactones) is 1. The molecule has 3 amide bonds. The molecule has 0 bridgehead atoms. The Morgan fingerprint density at radius 1 is 1.03 bits per heavy atom. The molecule has 27 heteroatoms. The number of hydrogen-bond donors (Lipinski definition) is 3. The van der Waals surface area contributed by atoms with Crippen LogP contribution in [0.1, 0.15) is 76.1 Å². The van der Waals surface area contributed by atoms with Gasteiger partial charge in [-0.15, -0.1) is 11.3 Å². The highest BCUT2D eigenvalue weighted by atomic mass is 35.5. The standard InChI is InChI=1S/C60H57ClF3N11O11S/c1-8-60(37-19-43-48-31(24-75(43)54(78)36(37)27-82-55(60)79)16-30-17-42(40(63)20-41(30)68-48)69-58(81)86-59(4,5)6)85-44(76)22-67-57(80)84-25-28(2)53(77)73-14-15-74(29(3)23-73)52-34-18-38(61)46(33-11-12-39(62)50-45(33)35(21-65)51(66)87-50)47(64)49(34)70-56(71-52)83-26-32-10-9-13-72(32)7/h11-12,16-20,29,32H,2,8-10,13-15,22-27,66H2,1,3-7H3,(H,67,80)(H,69,81)/t29-,32-,60-/m0/s1. The molecule has 0 unspecified atom stereocenters. The molecule has 4 aromatic heterocycles. The topological polar surface area (TPSA) is 276 Å². The fourth-order valence-electron chi connectivity index (χ4n) is 11.6. The highest BCUT2D eigenvalue weighted by molar-refractivity contribution is 7.23. The van der Waals surface area contributed by atoms with Crippen molar-refractivity contribution in [3.63, 3.8) is 0 Å². The van der Waals surface area contributed by atoms with Gasteiger partial charge in [-0.3, -0.25) is 19.7 Å². The smallest absolute Gasteiger partial charge is 0.412 e. The van der Waals surface area contributed by atoms with Crippen LogP contribution in [0.15, 0.2) is 59.4 Å².